The maximum atomic E-state index is 14.7. The predicted octanol–water partition coefficient (Wildman–Crippen LogP) is 3.57. The van der Waals surface area contributed by atoms with Crippen LogP contribution in [0.25, 0.3) is 0 Å². The summed E-state index contributed by atoms with van der Waals surface area (Å²) < 4.78 is 20.0. The Hall–Kier alpha value is -2.90. The van der Waals surface area contributed by atoms with Gasteiger partial charge in [-0.25, -0.2) is 9.18 Å². The molecule has 10 heteroatoms. The molecule has 1 fully saturated rings. The van der Waals surface area contributed by atoms with E-state index in [0.717, 1.165) is 0 Å². The van der Waals surface area contributed by atoms with Gasteiger partial charge < -0.3 is 25.4 Å². The Bertz CT molecular complexity index is 1110. The second-order valence-corrected chi connectivity index (χ2v) is 17.6. The van der Waals surface area contributed by atoms with Gasteiger partial charge in [0.2, 0.25) is 11.8 Å². The molecule has 0 aromatic heterocycles. The number of carbonyl (C=O) groups excluding carboxylic acids is 3. The van der Waals surface area contributed by atoms with E-state index in [2.05, 4.69) is 41.7 Å². The van der Waals surface area contributed by atoms with Crippen molar-refractivity contribution in [2.24, 2.45) is 5.41 Å². The first-order chi connectivity index (χ1) is 17.3. The van der Waals surface area contributed by atoms with Crippen molar-refractivity contribution in [2.45, 2.75) is 97.9 Å². The fourth-order valence-corrected chi connectivity index (χ4v) is 4.39. The van der Waals surface area contributed by atoms with Gasteiger partial charge in [-0.1, -0.05) is 52.4 Å². The second kappa shape index (κ2) is 11.9. The second-order valence-electron chi connectivity index (χ2n) is 12.9. The van der Waals surface area contributed by atoms with Crippen molar-refractivity contribution in [3.63, 3.8) is 0 Å². The number of halogens is 1. The molecule has 0 bridgehead atoms. The van der Waals surface area contributed by atoms with Crippen LogP contribution in [0.3, 0.4) is 0 Å². The third kappa shape index (κ3) is 9.44. The van der Waals surface area contributed by atoms with Crippen molar-refractivity contribution in [3.05, 3.63) is 35.1 Å². The SMILES string of the molecule is CC(C)(C)OC(=O)N[C@H](C(=O)N1C[C@H](O)C[C@H]1C(=O)NCc1ccc(C#C[Si](C)(C)C)cc1F)C(C)(C)C. The molecule has 1 aliphatic rings. The van der Waals surface area contributed by atoms with Crippen molar-refractivity contribution in [3.8, 4) is 11.5 Å². The number of carbonyl (C=O) groups is 3. The van der Waals surface area contributed by atoms with Gasteiger partial charge in [0, 0.05) is 30.6 Å². The van der Waals surface area contributed by atoms with Crippen molar-refractivity contribution in [1.29, 1.82) is 0 Å². The molecule has 1 aromatic rings. The highest BCUT2D eigenvalue weighted by Crippen LogP contribution is 2.26. The fraction of sp³-hybridized carbons (Fsp3) is 0.607. The molecule has 0 saturated carbocycles. The van der Waals surface area contributed by atoms with Gasteiger partial charge in [0.15, 0.2) is 0 Å². The third-order valence-electron chi connectivity index (χ3n) is 5.73. The lowest BCUT2D eigenvalue weighted by Crippen LogP contribution is -2.58. The number of aliphatic hydroxyl groups excluding tert-OH is 1. The summed E-state index contributed by atoms with van der Waals surface area (Å²) in [6, 6.07) is 2.67. The van der Waals surface area contributed by atoms with Crippen molar-refractivity contribution in [2.75, 3.05) is 6.54 Å². The minimum Gasteiger partial charge on any atom is -0.444 e. The van der Waals surface area contributed by atoms with E-state index in [1.54, 1.807) is 53.7 Å². The summed E-state index contributed by atoms with van der Waals surface area (Å²) in [5.41, 5.74) is 2.59. The number of alkyl carbamates (subject to hydrolysis) is 1. The zero-order chi connectivity index (χ0) is 29.1. The van der Waals surface area contributed by atoms with E-state index in [9.17, 15) is 23.9 Å². The summed E-state index contributed by atoms with van der Waals surface area (Å²) >= 11 is 0. The van der Waals surface area contributed by atoms with Crippen LogP contribution < -0.4 is 10.6 Å². The van der Waals surface area contributed by atoms with E-state index in [-0.39, 0.29) is 25.1 Å². The Labute approximate surface area is 226 Å². The molecule has 3 N–H and O–H groups in total. The van der Waals surface area contributed by atoms with Gasteiger partial charge in [-0.15, -0.1) is 5.54 Å². The van der Waals surface area contributed by atoms with E-state index in [1.165, 1.54) is 11.0 Å². The molecule has 0 unspecified atom stereocenters. The molecule has 2 rings (SSSR count). The molecule has 8 nitrogen and oxygen atoms in total. The van der Waals surface area contributed by atoms with Crippen LogP contribution in [0.5, 0.6) is 0 Å². The molecule has 1 heterocycles. The molecule has 1 aliphatic heterocycles. The first-order valence-electron chi connectivity index (χ1n) is 12.8. The lowest BCUT2D eigenvalue weighted by atomic mass is 9.85. The molecular weight excluding hydrogens is 505 g/mol. The van der Waals surface area contributed by atoms with Gasteiger partial charge in [-0.2, -0.15) is 0 Å². The first-order valence-corrected chi connectivity index (χ1v) is 16.3. The van der Waals surface area contributed by atoms with Gasteiger partial charge >= 0.3 is 6.09 Å². The minimum atomic E-state index is -1.60. The number of hydrogen-bond acceptors (Lipinski definition) is 5. The van der Waals surface area contributed by atoms with Crippen LogP contribution in [0.4, 0.5) is 9.18 Å². The zero-order valence-corrected chi connectivity index (χ0v) is 25.0. The molecule has 0 spiro atoms. The molecule has 210 valence electrons. The highest BCUT2D eigenvalue weighted by atomic mass is 28.3. The largest absolute Gasteiger partial charge is 0.444 e. The predicted molar refractivity (Wildman–Crippen MR) is 147 cm³/mol. The summed E-state index contributed by atoms with van der Waals surface area (Å²) in [5, 5.41) is 15.6. The smallest absolute Gasteiger partial charge is 0.408 e. The van der Waals surface area contributed by atoms with Crippen LogP contribution in [0.2, 0.25) is 19.6 Å². The average molecular weight is 548 g/mol. The Morgan fingerprint density at radius 1 is 1.18 bits per heavy atom. The third-order valence-corrected chi connectivity index (χ3v) is 6.60. The zero-order valence-electron chi connectivity index (χ0n) is 24.0. The molecule has 3 atom stereocenters. The van der Waals surface area contributed by atoms with Crippen LogP contribution in [0.1, 0.15) is 59.1 Å². The van der Waals surface area contributed by atoms with E-state index < -0.39 is 61.0 Å². The molecule has 1 saturated heterocycles. The molecule has 0 radical (unpaired) electrons. The number of β-amino-alcohol motifs (C(OH)–C–C–N with tert-alkyl or cyclic N) is 1. The Balaban J connectivity index is 2.15. The van der Waals surface area contributed by atoms with E-state index in [4.69, 9.17) is 4.74 Å². The van der Waals surface area contributed by atoms with Crippen LogP contribution in [-0.2, 0) is 20.9 Å². The van der Waals surface area contributed by atoms with Crippen LogP contribution >= 0.6 is 0 Å². The van der Waals surface area contributed by atoms with Crippen molar-refractivity contribution < 1.29 is 28.6 Å². The molecule has 0 aliphatic carbocycles. The van der Waals surface area contributed by atoms with Crippen LogP contribution in [-0.4, -0.2) is 66.3 Å². The molecular formula is C28H42FN3O5Si. The average Bonchev–Trinajstić information content (AvgIpc) is 3.14. The van der Waals surface area contributed by atoms with E-state index in [1.807, 2.05) is 0 Å². The van der Waals surface area contributed by atoms with E-state index >= 15 is 0 Å². The molecule has 3 amide bonds. The lowest BCUT2D eigenvalue weighted by Gasteiger charge is -2.35. The van der Waals surface area contributed by atoms with Gasteiger partial charge in [0.25, 0.3) is 0 Å². The maximum absolute atomic E-state index is 14.7. The van der Waals surface area contributed by atoms with Gasteiger partial charge in [-0.05, 0) is 38.3 Å². The van der Waals surface area contributed by atoms with Crippen molar-refractivity contribution >= 4 is 26.0 Å². The van der Waals surface area contributed by atoms with Gasteiger partial charge in [0.05, 0.1) is 6.10 Å². The minimum absolute atomic E-state index is 0.0363. The van der Waals surface area contributed by atoms with E-state index in [0.29, 0.717) is 5.56 Å². The molecule has 38 heavy (non-hydrogen) atoms. The number of likely N-dealkylation sites (tertiary alicyclic amines) is 1. The number of rotatable bonds is 5. The number of ether oxygens (including phenoxy) is 1. The standard InChI is InChI=1S/C28H42FN3O5Si/c1-27(2,3)23(31-26(36)37-28(4,5)6)25(35)32-17-20(33)15-22(32)24(34)30-16-19-11-10-18(14-21(19)29)12-13-38(7,8)9/h10-11,14,20,22-23,33H,15-17H2,1-9H3,(H,30,34)(H,31,36)/t20-,22+,23-/m1/s1. The van der Waals surface area contributed by atoms with Gasteiger partial charge in [0.1, 0.15) is 31.6 Å². The Kier molecular flexibility index (Phi) is 9.78. The number of aliphatic hydroxyl groups is 1. The summed E-state index contributed by atoms with van der Waals surface area (Å²) in [6.07, 6.45) is -1.62. The normalized spacial score (nSPS) is 18.8. The first kappa shape index (κ1) is 31.3. The van der Waals surface area contributed by atoms with Crippen LogP contribution in [0.15, 0.2) is 18.2 Å². The van der Waals surface area contributed by atoms with Crippen LogP contribution in [0, 0.1) is 22.7 Å². The lowest BCUT2D eigenvalue weighted by molar-refractivity contribution is -0.142. The summed E-state index contributed by atoms with van der Waals surface area (Å²) in [6.45, 7) is 16.7. The number of amides is 3. The Morgan fingerprint density at radius 3 is 2.34 bits per heavy atom. The monoisotopic (exact) mass is 547 g/mol. The van der Waals surface area contributed by atoms with Gasteiger partial charge in [-0.3, -0.25) is 9.59 Å². The quantitative estimate of drug-likeness (QED) is 0.386. The fourth-order valence-electron chi connectivity index (χ4n) is 3.87. The molecule has 1 aromatic carbocycles. The summed E-state index contributed by atoms with van der Waals surface area (Å²) in [7, 11) is -1.60. The number of hydrogen-bond donors (Lipinski definition) is 3. The van der Waals surface area contributed by atoms with Crippen molar-refractivity contribution in [1.82, 2.24) is 15.5 Å². The number of nitrogens with zero attached hydrogens (tertiary/aromatic N) is 1. The highest BCUT2D eigenvalue weighted by molar-refractivity contribution is 6.83. The highest BCUT2D eigenvalue weighted by Gasteiger charge is 2.44. The number of nitrogens with one attached hydrogen (secondary N) is 2. The summed E-state index contributed by atoms with van der Waals surface area (Å²) in [4.78, 5) is 40.4. The Morgan fingerprint density at radius 2 is 1.82 bits per heavy atom. The number of benzene rings is 1. The topological polar surface area (TPSA) is 108 Å². The summed E-state index contributed by atoms with van der Waals surface area (Å²) in [5.74, 6) is 1.51. The maximum Gasteiger partial charge on any atom is 0.408 e.